The van der Waals surface area contributed by atoms with Gasteiger partial charge in [-0.15, -0.1) is 0 Å². The first kappa shape index (κ1) is 19.5. The lowest BCUT2D eigenvalue weighted by Gasteiger charge is -2.36. The van der Waals surface area contributed by atoms with Gasteiger partial charge in [0.15, 0.2) is 0 Å². The van der Waals surface area contributed by atoms with E-state index in [9.17, 15) is 4.79 Å². The molecular formula is C23H26BrNO3. The van der Waals surface area contributed by atoms with Gasteiger partial charge >= 0.3 is 0 Å². The molecule has 1 aliphatic carbocycles. The van der Waals surface area contributed by atoms with Crippen molar-refractivity contribution in [2.45, 2.75) is 51.5 Å². The topological polar surface area (TPSA) is 38.8 Å². The molecule has 4 rings (SSSR count). The van der Waals surface area contributed by atoms with Gasteiger partial charge in [-0.25, -0.2) is 0 Å². The molecular weight excluding hydrogens is 418 g/mol. The Hall–Kier alpha value is -1.85. The highest BCUT2D eigenvalue weighted by Gasteiger charge is 2.53. The van der Waals surface area contributed by atoms with Crippen molar-refractivity contribution < 1.29 is 14.3 Å². The standard InChI is InChI=1S/C23H26BrNO3/c1-14(11-16-12-17(27-4)9-10-19(16)24)22(26)25-21-18-8-6-5-7-15(18)13-20(21)28-23(25,2)3/h5-10,12,14,20-21H,11,13H2,1-4H3. The second-order valence-corrected chi connectivity index (χ2v) is 9.08. The number of hydrogen-bond acceptors (Lipinski definition) is 3. The lowest BCUT2D eigenvalue weighted by Crippen LogP contribution is -2.47. The molecule has 0 aromatic heterocycles. The number of fused-ring (bicyclic) bond motifs is 3. The predicted molar refractivity (Wildman–Crippen MR) is 112 cm³/mol. The normalized spacial score (nSPS) is 23.2. The molecule has 2 aliphatic rings. The molecule has 1 aliphatic heterocycles. The minimum absolute atomic E-state index is 0.00472. The van der Waals surface area contributed by atoms with E-state index < -0.39 is 5.72 Å². The number of methoxy groups -OCH3 is 1. The summed E-state index contributed by atoms with van der Waals surface area (Å²) in [4.78, 5) is 15.6. The van der Waals surface area contributed by atoms with E-state index in [1.165, 1.54) is 11.1 Å². The van der Waals surface area contributed by atoms with Crippen LogP contribution in [0.2, 0.25) is 0 Å². The van der Waals surface area contributed by atoms with Gasteiger partial charge in [-0.3, -0.25) is 4.79 Å². The highest BCUT2D eigenvalue weighted by molar-refractivity contribution is 9.10. The fraction of sp³-hybridized carbons (Fsp3) is 0.435. The Morgan fingerprint density at radius 3 is 2.82 bits per heavy atom. The van der Waals surface area contributed by atoms with Crippen molar-refractivity contribution in [3.8, 4) is 5.75 Å². The summed E-state index contributed by atoms with van der Waals surface area (Å²) in [5, 5.41) is 0. The SMILES string of the molecule is COc1ccc(Br)c(CC(C)C(=O)N2C3c4ccccc4CC3OC2(C)C)c1. The van der Waals surface area contributed by atoms with Crippen LogP contribution in [0.5, 0.6) is 5.75 Å². The molecule has 0 radical (unpaired) electrons. The van der Waals surface area contributed by atoms with Crippen LogP contribution < -0.4 is 4.74 Å². The predicted octanol–water partition coefficient (Wildman–Crippen LogP) is 4.90. The molecule has 148 valence electrons. The maximum absolute atomic E-state index is 13.6. The summed E-state index contributed by atoms with van der Waals surface area (Å²) in [6.45, 7) is 6.00. The van der Waals surface area contributed by atoms with E-state index in [0.29, 0.717) is 6.42 Å². The Bertz CT molecular complexity index is 910. The van der Waals surface area contributed by atoms with Gasteiger partial charge in [0.25, 0.3) is 0 Å². The van der Waals surface area contributed by atoms with Crippen LogP contribution in [0.4, 0.5) is 0 Å². The number of carbonyl (C=O) groups excluding carboxylic acids is 1. The first-order chi connectivity index (χ1) is 13.3. The Labute approximate surface area is 175 Å². The molecule has 1 fully saturated rings. The molecule has 1 heterocycles. The molecule has 3 atom stereocenters. The molecule has 0 bridgehead atoms. The van der Waals surface area contributed by atoms with E-state index in [1.54, 1.807) is 7.11 Å². The summed E-state index contributed by atoms with van der Waals surface area (Å²) < 4.78 is 12.7. The van der Waals surface area contributed by atoms with Gasteiger partial charge in [0.05, 0.1) is 19.3 Å². The van der Waals surface area contributed by atoms with Crippen molar-refractivity contribution >= 4 is 21.8 Å². The van der Waals surface area contributed by atoms with Crippen molar-refractivity contribution in [3.63, 3.8) is 0 Å². The van der Waals surface area contributed by atoms with E-state index in [1.807, 2.05) is 49.9 Å². The van der Waals surface area contributed by atoms with Crippen LogP contribution >= 0.6 is 15.9 Å². The Kier molecular flexibility index (Phi) is 5.00. The lowest BCUT2D eigenvalue weighted by molar-refractivity contribution is -0.151. The number of benzene rings is 2. The molecule has 5 heteroatoms. The Morgan fingerprint density at radius 1 is 1.32 bits per heavy atom. The minimum Gasteiger partial charge on any atom is -0.497 e. The van der Waals surface area contributed by atoms with E-state index in [2.05, 4.69) is 34.1 Å². The second-order valence-electron chi connectivity index (χ2n) is 8.22. The van der Waals surface area contributed by atoms with Gasteiger partial charge in [0, 0.05) is 16.8 Å². The van der Waals surface area contributed by atoms with Gasteiger partial charge < -0.3 is 14.4 Å². The average Bonchev–Trinajstić information content (AvgIpc) is 3.13. The van der Waals surface area contributed by atoms with Gasteiger partial charge in [-0.2, -0.15) is 0 Å². The first-order valence-electron chi connectivity index (χ1n) is 9.73. The van der Waals surface area contributed by atoms with Crippen LogP contribution in [-0.4, -0.2) is 29.7 Å². The molecule has 0 N–H and O–H groups in total. The van der Waals surface area contributed by atoms with Crippen LogP contribution in [0, 0.1) is 5.92 Å². The number of nitrogens with zero attached hydrogens (tertiary/aromatic N) is 1. The first-order valence-corrected chi connectivity index (χ1v) is 10.5. The van der Waals surface area contributed by atoms with Crippen molar-refractivity contribution in [1.82, 2.24) is 4.90 Å². The summed E-state index contributed by atoms with van der Waals surface area (Å²) in [5.41, 5.74) is 2.97. The zero-order valence-corrected chi connectivity index (χ0v) is 18.3. The molecule has 2 aromatic rings. The van der Waals surface area contributed by atoms with Gasteiger partial charge in [-0.1, -0.05) is 47.1 Å². The molecule has 0 spiro atoms. The fourth-order valence-corrected chi connectivity index (χ4v) is 5.01. The largest absolute Gasteiger partial charge is 0.497 e. The summed E-state index contributed by atoms with van der Waals surface area (Å²) >= 11 is 3.60. The number of halogens is 1. The van der Waals surface area contributed by atoms with Gasteiger partial charge in [0.1, 0.15) is 11.5 Å². The highest BCUT2D eigenvalue weighted by atomic mass is 79.9. The lowest BCUT2D eigenvalue weighted by atomic mass is 9.96. The van der Waals surface area contributed by atoms with Gasteiger partial charge in [0.2, 0.25) is 5.91 Å². The van der Waals surface area contributed by atoms with E-state index in [-0.39, 0.29) is 24.0 Å². The third-order valence-corrected chi connectivity index (χ3v) is 6.66. The number of amides is 1. The monoisotopic (exact) mass is 443 g/mol. The fourth-order valence-electron chi connectivity index (χ4n) is 4.60. The van der Waals surface area contributed by atoms with Crippen molar-refractivity contribution in [2.75, 3.05) is 7.11 Å². The molecule has 1 saturated heterocycles. The number of carbonyl (C=O) groups is 1. The van der Waals surface area contributed by atoms with Gasteiger partial charge in [-0.05, 0) is 55.2 Å². The van der Waals surface area contributed by atoms with Crippen LogP contribution in [0.3, 0.4) is 0 Å². The number of hydrogen-bond donors (Lipinski definition) is 0. The number of ether oxygens (including phenoxy) is 2. The molecule has 1 amide bonds. The molecule has 0 saturated carbocycles. The zero-order chi connectivity index (χ0) is 20.1. The van der Waals surface area contributed by atoms with Crippen molar-refractivity contribution in [3.05, 3.63) is 63.6 Å². The molecule has 2 aromatic carbocycles. The van der Waals surface area contributed by atoms with Crippen LogP contribution in [0.15, 0.2) is 46.9 Å². The zero-order valence-electron chi connectivity index (χ0n) is 16.7. The summed E-state index contributed by atoms with van der Waals surface area (Å²) in [6.07, 6.45) is 1.54. The maximum Gasteiger partial charge on any atom is 0.228 e. The van der Waals surface area contributed by atoms with Crippen molar-refractivity contribution in [1.29, 1.82) is 0 Å². The Morgan fingerprint density at radius 2 is 2.07 bits per heavy atom. The third kappa shape index (κ3) is 3.25. The smallest absolute Gasteiger partial charge is 0.228 e. The summed E-state index contributed by atoms with van der Waals surface area (Å²) in [7, 11) is 1.66. The highest BCUT2D eigenvalue weighted by Crippen LogP contribution is 2.48. The average molecular weight is 444 g/mol. The van der Waals surface area contributed by atoms with Crippen LogP contribution in [0.25, 0.3) is 0 Å². The summed E-state index contributed by atoms with van der Waals surface area (Å²) in [6, 6.07) is 14.3. The maximum atomic E-state index is 13.6. The van der Waals surface area contributed by atoms with E-state index in [0.717, 1.165) is 22.2 Å². The molecule has 3 unspecified atom stereocenters. The summed E-state index contributed by atoms with van der Waals surface area (Å²) in [5.74, 6) is 0.759. The van der Waals surface area contributed by atoms with E-state index >= 15 is 0 Å². The molecule has 4 nitrogen and oxygen atoms in total. The third-order valence-electron chi connectivity index (χ3n) is 5.88. The van der Waals surface area contributed by atoms with E-state index in [4.69, 9.17) is 9.47 Å². The van der Waals surface area contributed by atoms with Crippen LogP contribution in [-0.2, 0) is 22.4 Å². The van der Waals surface area contributed by atoms with Crippen molar-refractivity contribution in [2.24, 2.45) is 5.92 Å². The van der Waals surface area contributed by atoms with Crippen LogP contribution in [0.1, 0.15) is 43.5 Å². The second kappa shape index (κ2) is 7.20. The molecule has 28 heavy (non-hydrogen) atoms. The minimum atomic E-state index is -0.611. The Balaban J connectivity index is 1.61. The quantitative estimate of drug-likeness (QED) is 0.674. The number of rotatable bonds is 4.